The van der Waals surface area contributed by atoms with E-state index in [1.807, 2.05) is 0 Å². The van der Waals surface area contributed by atoms with Gasteiger partial charge >= 0.3 is 5.69 Å². The number of hydrogen-bond donors (Lipinski definition) is 2. The molecule has 1 aromatic rings. The van der Waals surface area contributed by atoms with E-state index in [0.717, 1.165) is 0 Å². The molecule has 106 valence electrons. The number of nitrogens with one attached hydrogen (secondary N) is 2. The van der Waals surface area contributed by atoms with Crippen LogP contribution in [0.2, 0.25) is 44.4 Å². The van der Waals surface area contributed by atoms with E-state index in [1.54, 1.807) is 6.07 Å². The molecule has 0 saturated heterocycles. The fraction of sp³-hybridized carbons (Fsp3) is 0.583. The quantitative estimate of drug-likeness (QED) is 0.837. The third-order valence-corrected chi connectivity index (χ3v) is 12.1. The lowest BCUT2D eigenvalue weighted by atomic mass is 10.5. The van der Waals surface area contributed by atoms with Crippen molar-refractivity contribution in [3.63, 3.8) is 0 Å². The van der Waals surface area contributed by atoms with Crippen LogP contribution >= 0.6 is 0 Å². The van der Waals surface area contributed by atoms with Crippen LogP contribution in [0.4, 0.5) is 5.82 Å². The highest BCUT2D eigenvalue weighted by Gasteiger charge is 2.42. The molecule has 0 saturated carbocycles. The first-order chi connectivity index (χ1) is 8.51. The van der Waals surface area contributed by atoms with E-state index in [4.69, 9.17) is 0 Å². The van der Waals surface area contributed by atoms with Crippen LogP contribution in [0.1, 0.15) is 0 Å². The molecule has 1 rings (SSSR count). The maximum atomic E-state index is 12.5. The first-order valence-electron chi connectivity index (χ1n) is 6.38. The number of amides is 1. The summed E-state index contributed by atoms with van der Waals surface area (Å²) in [6.07, 6.45) is 1.49. The van der Waals surface area contributed by atoms with Gasteiger partial charge in [0.05, 0.1) is 16.1 Å². The molecule has 0 bridgehead atoms. The second kappa shape index (κ2) is 5.42. The van der Waals surface area contributed by atoms with Gasteiger partial charge in [-0.15, -0.1) is 0 Å². The monoisotopic (exact) mass is 297 g/mol. The Labute approximate surface area is 115 Å². The third-order valence-electron chi connectivity index (χ3n) is 2.92. The molecule has 1 heterocycles. The summed E-state index contributed by atoms with van der Waals surface area (Å²) < 4.78 is 0. The van der Waals surface area contributed by atoms with Crippen LogP contribution in [0.15, 0.2) is 17.1 Å². The van der Waals surface area contributed by atoms with Crippen molar-refractivity contribution in [2.45, 2.75) is 44.4 Å². The number of carbonyl (C=O) groups is 1. The van der Waals surface area contributed by atoms with Crippen molar-refractivity contribution in [3.05, 3.63) is 22.7 Å². The second-order valence-corrected chi connectivity index (χ2v) is 18.1. The zero-order valence-electron chi connectivity index (χ0n) is 12.5. The molecule has 5 nitrogen and oxygen atoms in total. The van der Waals surface area contributed by atoms with Gasteiger partial charge in [0.15, 0.2) is 0 Å². The van der Waals surface area contributed by atoms with Crippen molar-refractivity contribution >= 4 is 27.9 Å². The minimum atomic E-state index is -1.62. The Morgan fingerprint density at radius 1 is 1.21 bits per heavy atom. The number of aromatic nitrogens is 2. The highest BCUT2D eigenvalue weighted by Crippen LogP contribution is 2.32. The van der Waals surface area contributed by atoms with E-state index in [0.29, 0.717) is 5.82 Å². The second-order valence-electron chi connectivity index (χ2n) is 6.93. The molecule has 0 atom stereocenters. The molecule has 0 aromatic carbocycles. The molecule has 0 fully saturated rings. The molecule has 0 spiro atoms. The zero-order valence-corrected chi connectivity index (χ0v) is 14.5. The summed E-state index contributed by atoms with van der Waals surface area (Å²) in [7, 11) is -3.23. The van der Waals surface area contributed by atoms with E-state index in [9.17, 15) is 9.59 Å². The Bertz CT molecular complexity index is 501. The van der Waals surface area contributed by atoms with Crippen LogP contribution in [-0.2, 0) is 4.79 Å². The molecule has 1 aromatic heterocycles. The average molecular weight is 298 g/mol. The number of aromatic amines is 1. The van der Waals surface area contributed by atoms with Crippen molar-refractivity contribution in [1.82, 2.24) is 9.97 Å². The summed E-state index contributed by atoms with van der Waals surface area (Å²) in [5.41, 5.74) is -0.449. The molecule has 0 aliphatic rings. The molecule has 1 amide bonds. The number of hydrogen-bond acceptors (Lipinski definition) is 3. The predicted molar refractivity (Wildman–Crippen MR) is 83.9 cm³/mol. The fourth-order valence-corrected chi connectivity index (χ4v) is 14.8. The Hall–Kier alpha value is -1.22. The van der Waals surface area contributed by atoms with E-state index in [-0.39, 0.29) is 11.1 Å². The van der Waals surface area contributed by atoms with Crippen LogP contribution in [0.25, 0.3) is 0 Å². The summed E-state index contributed by atoms with van der Waals surface area (Å²) in [6.45, 7) is 13.3. The van der Waals surface area contributed by atoms with Crippen LogP contribution in [-0.4, -0.2) is 32.0 Å². The first-order valence-corrected chi connectivity index (χ1v) is 13.5. The van der Waals surface area contributed by atoms with E-state index in [1.165, 1.54) is 6.20 Å². The highest BCUT2D eigenvalue weighted by molar-refractivity contribution is 7.00. The lowest BCUT2D eigenvalue weighted by Gasteiger charge is -2.36. The molecule has 0 aliphatic heterocycles. The fourth-order valence-electron chi connectivity index (χ4n) is 2.72. The van der Waals surface area contributed by atoms with Crippen molar-refractivity contribution in [2.24, 2.45) is 0 Å². The summed E-state index contributed by atoms with van der Waals surface area (Å²) in [4.78, 5) is 29.8. The highest BCUT2D eigenvalue weighted by atomic mass is 28.4. The minimum absolute atomic E-state index is 0.0106. The standard InChI is InChI=1S/C12H23N3O2Si2/c1-18(2,3)11(19(4,5)6)10(16)14-9-7-8-13-12(17)15-9/h7-8,11H,1-6H3,(H2,13,14,15,16,17). The molecule has 19 heavy (non-hydrogen) atoms. The first kappa shape index (κ1) is 15.8. The van der Waals surface area contributed by atoms with Crippen LogP contribution in [0.3, 0.4) is 0 Å². The molecular weight excluding hydrogens is 274 g/mol. The van der Waals surface area contributed by atoms with Gasteiger partial charge in [0.2, 0.25) is 5.91 Å². The van der Waals surface area contributed by atoms with E-state index < -0.39 is 21.8 Å². The molecule has 2 N–H and O–H groups in total. The maximum absolute atomic E-state index is 12.5. The largest absolute Gasteiger partial charge is 0.346 e. The van der Waals surface area contributed by atoms with Gasteiger partial charge in [-0.05, 0) is 6.07 Å². The molecule has 0 radical (unpaired) electrons. The Balaban J connectivity index is 3.00. The SMILES string of the molecule is C[Si](C)(C)C(C(=O)Nc1cc[nH]c(=O)n1)[Si](C)(C)C. The predicted octanol–water partition coefficient (Wildman–Crippen LogP) is 2.29. The molecular formula is C12H23N3O2Si2. The summed E-state index contributed by atoms with van der Waals surface area (Å²) in [5.74, 6) is 0.340. The van der Waals surface area contributed by atoms with Crippen molar-refractivity contribution in [3.8, 4) is 0 Å². The van der Waals surface area contributed by atoms with E-state index in [2.05, 4.69) is 54.6 Å². The Kier molecular flexibility index (Phi) is 4.52. The van der Waals surface area contributed by atoms with E-state index >= 15 is 0 Å². The van der Waals surface area contributed by atoms with Gasteiger partial charge in [0, 0.05) is 11.4 Å². The topological polar surface area (TPSA) is 74.8 Å². The number of carbonyl (C=O) groups excluding carboxylic acids is 1. The zero-order chi connectivity index (χ0) is 14.8. The van der Waals surface area contributed by atoms with Gasteiger partial charge in [0.25, 0.3) is 0 Å². The van der Waals surface area contributed by atoms with Gasteiger partial charge in [-0.2, -0.15) is 4.98 Å². The molecule has 0 aliphatic carbocycles. The molecule has 7 heteroatoms. The van der Waals surface area contributed by atoms with Gasteiger partial charge in [-0.3, -0.25) is 4.79 Å². The number of nitrogens with zero attached hydrogens (tertiary/aromatic N) is 1. The summed E-state index contributed by atoms with van der Waals surface area (Å²) in [6, 6.07) is 1.60. The smallest absolute Gasteiger partial charge is 0.313 e. The van der Waals surface area contributed by atoms with Crippen LogP contribution in [0, 0.1) is 0 Å². The van der Waals surface area contributed by atoms with Gasteiger partial charge in [-0.1, -0.05) is 39.3 Å². The number of anilines is 1. The average Bonchev–Trinajstić information content (AvgIpc) is 2.11. The van der Waals surface area contributed by atoms with Gasteiger partial charge in [0.1, 0.15) is 5.82 Å². The summed E-state index contributed by atoms with van der Waals surface area (Å²) >= 11 is 0. The lowest BCUT2D eigenvalue weighted by molar-refractivity contribution is -0.115. The normalized spacial score (nSPS) is 12.6. The molecule has 0 unspecified atom stereocenters. The number of rotatable bonds is 4. The summed E-state index contributed by atoms with van der Waals surface area (Å²) in [5, 5.41) is 2.88. The van der Waals surface area contributed by atoms with Crippen LogP contribution in [0.5, 0.6) is 0 Å². The van der Waals surface area contributed by atoms with Crippen molar-refractivity contribution in [2.75, 3.05) is 5.32 Å². The van der Waals surface area contributed by atoms with Gasteiger partial charge < -0.3 is 10.3 Å². The Morgan fingerprint density at radius 2 is 1.74 bits per heavy atom. The maximum Gasteiger partial charge on any atom is 0.346 e. The van der Waals surface area contributed by atoms with Crippen LogP contribution < -0.4 is 11.0 Å². The third kappa shape index (κ3) is 4.43. The Morgan fingerprint density at radius 3 is 2.16 bits per heavy atom. The minimum Gasteiger partial charge on any atom is -0.313 e. The van der Waals surface area contributed by atoms with Gasteiger partial charge in [-0.25, -0.2) is 4.79 Å². The lowest BCUT2D eigenvalue weighted by Crippen LogP contribution is -2.50. The van der Waals surface area contributed by atoms with Crippen molar-refractivity contribution in [1.29, 1.82) is 0 Å². The number of H-pyrrole nitrogens is 1. The van der Waals surface area contributed by atoms with Crippen molar-refractivity contribution < 1.29 is 4.79 Å².